The van der Waals surface area contributed by atoms with Crippen molar-refractivity contribution in [1.29, 1.82) is 0 Å². The SMILES string of the molecule is Cc1ccc(C[C@]2(CO)CN(C(=O)c3cc(C4CC4)[nH]n3)CCO2)cc1. The number of aryl methyl sites for hydroxylation is 1. The fourth-order valence-corrected chi connectivity index (χ4v) is 3.57. The third kappa shape index (κ3) is 3.52. The van der Waals surface area contributed by atoms with Gasteiger partial charge in [-0.2, -0.15) is 5.10 Å². The number of hydrogen-bond donors (Lipinski definition) is 2. The number of ether oxygens (including phenoxy) is 1. The Bertz CT molecular complexity index is 782. The Balaban J connectivity index is 1.48. The van der Waals surface area contributed by atoms with Crippen LogP contribution in [0.2, 0.25) is 0 Å². The van der Waals surface area contributed by atoms with Gasteiger partial charge in [0, 0.05) is 24.6 Å². The van der Waals surface area contributed by atoms with Gasteiger partial charge in [0.2, 0.25) is 0 Å². The second-order valence-corrected chi connectivity index (χ2v) is 7.56. The Labute approximate surface area is 153 Å². The van der Waals surface area contributed by atoms with Gasteiger partial charge in [0.1, 0.15) is 11.3 Å². The summed E-state index contributed by atoms with van der Waals surface area (Å²) in [5.41, 5.74) is 3.03. The first-order valence-corrected chi connectivity index (χ1v) is 9.23. The van der Waals surface area contributed by atoms with Gasteiger partial charge in [-0.3, -0.25) is 9.89 Å². The highest BCUT2D eigenvalue weighted by atomic mass is 16.5. The molecule has 2 aromatic rings. The Morgan fingerprint density at radius 1 is 1.38 bits per heavy atom. The summed E-state index contributed by atoms with van der Waals surface area (Å²) in [7, 11) is 0. The first-order valence-electron chi connectivity index (χ1n) is 9.23. The van der Waals surface area contributed by atoms with E-state index in [1.54, 1.807) is 4.90 Å². The van der Waals surface area contributed by atoms with E-state index in [9.17, 15) is 9.90 Å². The zero-order valence-corrected chi connectivity index (χ0v) is 15.1. The topological polar surface area (TPSA) is 78.5 Å². The maximum absolute atomic E-state index is 12.9. The maximum atomic E-state index is 12.9. The molecule has 1 amide bonds. The van der Waals surface area contributed by atoms with Crippen molar-refractivity contribution in [3.8, 4) is 0 Å². The number of aromatic nitrogens is 2. The number of morpholine rings is 1. The molecule has 2 N–H and O–H groups in total. The zero-order valence-electron chi connectivity index (χ0n) is 15.1. The number of aromatic amines is 1. The number of H-pyrrole nitrogens is 1. The Hall–Kier alpha value is -2.18. The number of rotatable bonds is 5. The van der Waals surface area contributed by atoms with Crippen LogP contribution < -0.4 is 0 Å². The molecule has 1 saturated heterocycles. The van der Waals surface area contributed by atoms with Crippen LogP contribution in [0.1, 0.15) is 46.1 Å². The largest absolute Gasteiger partial charge is 0.393 e. The number of aliphatic hydroxyl groups excluding tert-OH is 1. The molecule has 0 spiro atoms. The highest BCUT2D eigenvalue weighted by Gasteiger charge is 2.39. The number of aliphatic hydroxyl groups is 1. The van der Waals surface area contributed by atoms with Gasteiger partial charge in [-0.15, -0.1) is 0 Å². The minimum Gasteiger partial charge on any atom is -0.393 e. The van der Waals surface area contributed by atoms with Gasteiger partial charge < -0.3 is 14.7 Å². The second kappa shape index (κ2) is 6.85. The molecular formula is C20H25N3O3. The standard InChI is InChI=1S/C20H25N3O3/c1-14-2-4-15(5-3-14)11-20(13-24)12-23(8-9-26-20)19(25)18-10-17(21-22-18)16-6-7-16/h2-5,10,16,24H,6-9,11-13H2,1H3,(H,21,22)/t20-/m1/s1. The highest BCUT2D eigenvalue weighted by Crippen LogP contribution is 2.39. The molecule has 0 radical (unpaired) electrons. The monoisotopic (exact) mass is 355 g/mol. The van der Waals surface area contributed by atoms with E-state index in [2.05, 4.69) is 22.3 Å². The van der Waals surface area contributed by atoms with Crippen LogP contribution in [-0.2, 0) is 11.2 Å². The summed E-state index contributed by atoms with van der Waals surface area (Å²) in [5.74, 6) is 0.435. The highest BCUT2D eigenvalue weighted by molar-refractivity contribution is 5.92. The van der Waals surface area contributed by atoms with Crippen LogP contribution in [0.25, 0.3) is 0 Å². The van der Waals surface area contributed by atoms with Gasteiger partial charge >= 0.3 is 0 Å². The molecule has 1 aromatic heterocycles. The van der Waals surface area contributed by atoms with E-state index < -0.39 is 5.60 Å². The zero-order chi connectivity index (χ0) is 18.1. The van der Waals surface area contributed by atoms with Gasteiger partial charge in [-0.05, 0) is 31.4 Å². The third-order valence-corrected chi connectivity index (χ3v) is 5.30. The van der Waals surface area contributed by atoms with Crippen LogP contribution in [0, 0.1) is 6.92 Å². The summed E-state index contributed by atoms with van der Waals surface area (Å²) in [5, 5.41) is 17.2. The van der Waals surface area contributed by atoms with Gasteiger partial charge in [-0.1, -0.05) is 29.8 Å². The van der Waals surface area contributed by atoms with E-state index in [1.807, 2.05) is 25.1 Å². The number of carbonyl (C=O) groups excluding carboxylic acids is 1. The maximum Gasteiger partial charge on any atom is 0.274 e. The lowest BCUT2D eigenvalue weighted by Crippen LogP contribution is -2.56. The van der Waals surface area contributed by atoms with Gasteiger partial charge in [0.25, 0.3) is 5.91 Å². The number of amides is 1. The van der Waals surface area contributed by atoms with Crippen molar-refractivity contribution in [1.82, 2.24) is 15.1 Å². The normalized spacial score (nSPS) is 23.2. The first kappa shape index (κ1) is 17.2. The fourth-order valence-electron chi connectivity index (χ4n) is 3.57. The molecule has 2 aliphatic rings. The van der Waals surface area contributed by atoms with E-state index in [4.69, 9.17) is 4.74 Å². The van der Waals surface area contributed by atoms with E-state index in [0.717, 1.165) is 24.1 Å². The molecule has 1 aliphatic carbocycles. The lowest BCUT2D eigenvalue weighted by molar-refractivity contribution is -0.123. The molecule has 0 bridgehead atoms. The van der Waals surface area contributed by atoms with Crippen molar-refractivity contribution in [2.75, 3.05) is 26.3 Å². The molecule has 4 rings (SSSR count). The minimum absolute atomic E-state index is 0.0989. The van der Waals surface area contributed by atoms with Crippen molar-refractivity contribution < 1.29 is 14.6 Å². The molecule has 6 heteroatoms. The fraction of sp³-hybridized carbons (Fsp3) is 0.500. The molecule has 138 valence electrons. The number of carbonyl (C=O) groups is 1. The molecular weight excluding hydrogens is 330 g/mol. The summed E-state index contributed by atoms with van der Waals surface area (Å²) in [6, 6.07) is 10.1. The molecule has 1 atom stereocenters. The van der Waals surface area contributed by atoms with E-state index in [-0.39, 0.29) is 12.5 Å². The molecule has 0 unspecified atom stereocenters. The Morgan fingerprint density at radius 2 is 2.15 bits per heavy atom. The van der Waals surface area contributed by atoms with Crippen LogP contribution in [0.15, 0.2) is 30.3 Å². The van der Waals surface area contributed by atoms with Crippen LogP contribution >= 0.6 is 0 Å². The number of nitrogens with one attached hydrogen (secondary N) is 1. The molecule has 6 nitrogen and oxygen atoms in total. The average molecular weight is 355 g/mol. The van der Waals surface area contributed by atoms with Crippen molar-refractivity contribution in [3.05, 3.63) is 52.8 Å². The van der Waals surface area contributed by atoms with Crippen molar-refractivity contribution in [2.45, 2.75) is 37.7 Å². The molecule has 26 heavy (non-hydrogen) atoms. The summed E-state index contributed by atoms with van der Waals surface area (Å²) >= 11 is 0. The summed E-state index contributed by atoms with van der Waals surface area (Å²) in [4.78, 5) is 14.6. The summed E-state index contributed by atoms with van der Waals surface area (Å²) < 4.78 is 5.95. The second-order valence-electron chi connectivity index (χ2n) is 7.56. The molecule has 1 saturated carbocycles. The summed E-state index contributed by atoms with van der Waals surface area (Å²) in [6.45, 7) is 3.21. The number of hydrogen-bond acceptors (Lipinski definition) is 4. The molecule has 2 heterocycles. The van der Waals surface area contributed by atoms with Crippen LogP contribution in [0.3, 0.4) is 0 Å². The van der Waals surface area contributed by atoms with Crippen LogP contribution in [-0.4, -0.2) is 58.0 Å². The Morgan fingerprint density at radius 3 is 2.85 bits per heavy atom. The van der Waals surface area contributed by atoms with E-state index in [0.29, 0.717) is 37.7 Å². The van der Waals surface area contributed by atoms with Crippen molar-refractivity contribution in [2.24, 2.45) is 0 Å². The van der Waals surface area contributed by atoms with Crippen LogP contribution in [0.4, 0.5) is 0 Å². The average Bonchev–Trinajstić information content (AvgIpc) is 3.40. The van der Waals surface area contributed by atoms with E-state index in [1.165, 1.54) is 5.56 Å². The predicted molar refractivity (Wildman–Crippen MR) is 97.1 cm³/mol. The lowest BCUT2D eigenvalue weighted by Gasteiger charge is -2.41. The molecule has 2 fully saturated rings. The minimum atomic E-state index is -0.765. The molecule has 1 aliphatic heterocycles. The predicted octanol–water partition coefficient (Wildman–Crippen LogP) is 2.04. The first-order chi connectivity index (χ1) is 12.6. The Kier molecular flexibility index (Phi) is 4.54. The quantitative estimate of drug-likeness (QED) is 0.860. The van der Waals surface area contributed by atoms with Gasteiger partial charge in [0.15, 0.2) is 0 Å². The van der Waals surface area contributed by atoms with Gasteiger partial charge in [0.05, 0.1) is 19.8 Å². The van der Waals surface area contributed by atoms with Crippen molar-refractivity contribution in [3.63, 3.8) is 0 Å². The van der Waals surface area contributed by atoms with Crippen LogP contribution in [0.5, 0.6) is 0 Å². The van der Waals surface area contributed by atoms with Crippen molar-refractivity contribution >= 4 is 5.91 Å². The summed E-state index contributed by atoms with van der Waals surface area (Å²) in [6.07, 6.45) is 2.90. The molecule has 1 aromatic carbocycles. The third-order valence-electron chi connectivity index (χ3n) is 5.30. The van der Waals surface area contributed by atoms with Gasteiger partial charge in [-0.25, -0.2) is 0 Å². The number of nitrogens with zero attached hydrogens (tertiary/aromatic N) is 2. The van der Waals surface area contributed by atoms with E-state index >= 15 is 0 Å². The lowest BCUT2D eigenvalue weighted by atomic mass is 9.92. The smallest absolute Gasteiger partial charge is 0.274 e. The number of benzene rings is 1.